The molecule has 1 atom stereocenters. The molecule has 1 aromatic carbocycles. The number of ether oxygens (including phenoxy) is 3. The van der Waals surface area contributed by atoms with E-state index >= 15 is 0 Å². The van der Waals surface area contributed by atoms with Gasteiger partial charge in [0.1, 0.15) is 6.61 Å². The highest BCUT2D eigenvalue weighted by molar-refractivity contribution is 6.03. The van der Waals surface area contributed by atoms with Crippen LogP contribution in [0.2, 0.25) is 0 Å². The summed E-state index contributed by atoms with van der Waals surface area (Å²) in [6, 6.07) is 5.91. The Kier molecular flexibility index (Phi) is 5.62. The molecule has 0 radical (unpaired) electrons. The number of fused-ring (bicyclic) bond motifs is 1. The Hall–Kier alpha value is -2.91. The fourth-order valence-corrected chi connectivity index (χ4v) is 4.59. The molecular formula is C24H30N4O5. The van der Waals surface area contributed by atoms with E-state index in [1.807, 2.05) is 42.2 Å². The SMILES string of the molecule is CCC1(COC(=O)N2CC(C)N(C(C)=O)c3ccc(-c4cnn(C5COC5)c4)cc32)COC1. The first-order valence-corrected chi connectivity index (χ1v) is 11.5. The van der Waals surface area contributed by atoms with Crippen molar-refractivity contribution >= 4 is 23.4 Å². The fraction of sp³-hybridized carbons (Fsp3) is 0.542. The van der Waals surface area contributed by atoms with Crippen LogP contribution >= 0.6 is 0 Å². The predicted octanol–water partition coefficient (Wildman–Crippen LogP) is 3.25. The van der Waals surface area contributed by atoms with Crippen LogP contribution in [0.4, 0.5) is 16.2 Å². The lowest BCUT2D eigenvalue weighted by molar-refractivity contribution is -0.138. The lowest BCUT2D eigenvalue weighted by Crippen LogP contribution is -2.52. The minimum Gasteiger partial charge on any atom is -0.448 e. The first-order chi connectivity index (χ1) is 15.9. The van der Waals surface area contributed by atoms with Gasteiger partial charge in [-0.1, -0.05) is 13.0 Å². The Labute approximate surface area is 193 Å². The summed E-state index contributed by atoms with van der Waals surface area (Å²) in [4.78, 5) is 29.0. The zero-order valence-corrected chi connectivity index (χ0v) is 19.3. The van der Waals surface area contributed by atoms with Gasteiger partial charge < -0.3 is 19.1 Å². The quantitative estimate of drug-likeness (QED) is 0.690. The van der Waals surface area contributed by atoms with E-state index in [4.69, 9.17) is 14.2 Å². The number of rotatable bonds is 5. The molecule has 0 saturated carbocycles. The molecule has 1 aromatic heterocycles. The van der Waals surface area contributed by atoms with E-state index in [9.17, 15) is 9.59 Å². The lowest BCUT2D eigenvalue weighted by atomic mass is 9.84. The van der Waals surface area contributed by atoms with Crippen LogP contribution in [-0.2, 0) is 19.0 Å². The summed E-state index contributed by atoms with van der Waals surface area (Å²) in [6.07, 6.45) is 4.31. The molecule has 9 nitrogen and oxygen atoms in total. The third-order valence-corrected chi connectivity index (χ3v) is 6.97. The molecule has 3 aliphatic rings. The van der Waals surface area contributed by atoms with Crippen LogP contribution in [0.3, 0.4) is 0 Å². The maximum Gasteiger partial charge on any atom is 0.414 e. The number of carbonyl (C=O) groups is 2. The van der Waals surface area contributed by atoms with E-state index in [-0.39, 0.29) is 23.4 Å². The second-order valence-corrected chi connectivity index (χ2v) is 9.35. The Morgan fingerprint density at radius 3 is 2.58 bits per heavy atom. The summed E-state index contributed by atoms with van der Waals surface area (Å²) < 4.78 is 18.3. The van der Waals surface area contributed by atoms with Crippen LogP contribution < -0.4 is 9.80 Å². The Morgan fingerprint density at radius 2 is 1.97 bits per heavy atom. The summed E-state index contributed by atoms with van der Waals surface area (Å²) in [6.45, 7) is 8.83. The van der Waals surface area contributed by atoms with Gasteiger partial charge >= 0.3 is 6.09 Å². The van der Waals surface area contributed by atoms with E-state index in [1.54, 1.807) is 16.7 Å². The predicted molar refractivity (Wildman–Crippen MR) is 122 cm³/mol. The van der Waals surface area contributed by atoms with E-state index in [1.165, 1.54) is 0 Å². The standard InChI is InChI=1S/C24H30N4O5/c1-4-24(13-32-14-24)15-33-23(30)26-9-16(2)28(17(3)29)21-6-5-18(7-22(21)26)19-8-25-27(10-19)20-11-31-12-20/h5-8,10,16,20H,4,9,11-15H2,1-3H3. The summed E-state index contributed by atoms with van der Waals surface area (Å²) in [5.74, 6) is -0.0566. The van der Waals surface area contributed by atoms with Crippen molar-refractivity contribution in [2.24, 2.45) is 5.41 Å². The van der Waals surface area contributed by atoms with Gasteiger partial charge in [-0.25, -0.2) is 4.79 Å². The first-order valence-electron chi connectivity index (χ1n) is 11.5. The summed E-state index contributed by atoms with van der Waals surface area (Å²) >= 11 is 0. The zero-order valence-electron chi connectivity index (χ0n) is 19.3. The molecule has 2 aromatic rings. The number of anilines is 2. The number of hydrogen-bond donors (Lipinski definition) is 0. The van der Waals surface area contributed by atoms with Gasteiger partial charge in [0.05, 0.1) is 61.5 Å². The molecule has 33 heavy (non-hydrogen) atoms. The number of benzene rings is 1. The monoisotopic (exact) mass is 454 g/mol. The summed E-state index contributed by atoms with van der Waals surface area (Å²) in [7, 11) is 0. The molecule has 0 spiro atoms. The molecule has 2 amide bonds. The fourth-order valence-electron chi connectivity index (χ4n) is 4.59. The molecule has 0 aliphatic carbocycles. The maximum atomic E-state index is 13.2. The maximum absolute atomic E-state index is 13.2. The van der Waals surface area contributed by atoms with Crippen molar-refractivity contribution in [1.82, 2.24) is 9.78 Å². The van der Waals surface area contributed by atoms with Crippen molar-refractivity contribution < 1.29 is 23.8 Å². The van der Waals surface area contributed by atoms with Crippen LogP contribution in [0.5, 0.6) is 0 Å². The lowest BCUT2D eigenvalue weighted by Gasteiger charge is -2.42. The molecule has 1 unspecified atom stereocenters. The third kappa shape index (κ3) is 3.89. The van der Waals surface area contributed by atoms with Gasteiger partial charge in [-0.2, -0.15) is 5.10 Å². The molecule has 176 valence electrons. The molecule has 0 N–H and O–H groups in total. The van der Waals surface area contributed by atoms with Crippen molar-refractivity contribution in [3.05, 3.63) is 30.6 Å². The topological polar surface area (TPSA) is 86.1 Å². The number of amides is 2. The molecule has 9 heteroatoms. The Bertz CT molecular complexity index is 1050. The first kappa shape index (κ1) is 21.9. The molecule has 0 bridgehead atoms. The van der Waals surface area contributed by atoms with E-state index in [0.29, 0.717) is 51.0 Å². The largest absolute Gasteiger partial charge is 0.448 e. The molecule has 2 fully saturated rings. The van der Waals surface area contributed by atoms with E-state index in [2.05, 4.69) is 12.0 Å². The van der Waals surface area contributed by atoms with Gasteiger partial charge in [0, 0.05) is 25.2 Å². The summed E-state index contributed by atoms with van der Waals surface area (Å²) in [5.41, 5.74) is 3.16. The highest BCUT2D eigenvalue weighted by Gasteiger charge is 2.40. The smallest absolute Gasteiger partial charge is 0.414 e. The van der Waals surface area contributed by atoms with E-state index in [0.717, 1.165) is 17.5 Å². The van der Waals surface area contributed by atoms with Crippen molar-refractivity contribution in [3.8, 4) is 11.1 Å². The van der Waals surface area contributed by atoms with Crippen LogP contribution in [0.25, 0.3) is 11.1 Å². The van der Waals surface area contributed by atoms with Gasteiger partial charge in [-0.15, -0.1) is 0 Å². The zero-order chi connectivity index (χ0) is 23.2. The highest BCUT2D eigenvalue weighted by atomic mass is 16.6. The Morgan fingerprint density at radius 1 is 1.18 bits per heavy atom. The van der Waals surface area contributed by atoms with Gasteiger partial charge in [0.15, 0.2) is 0 Å². The van der Waals surface area contributed by atoms with E-state index < -0.39 is 6.09 Å². The minimum atomic E-state index is -0.398. The second-order valence-electron chi connectivity index (χ2n) is 9.35. The molecule has 5 rings (SSSR count). The average Bonchev–Trinajstić information content (AvgIpc) is 3.20. The van der Waals surface area contributed by atoms with Crippen LogP contribution in [0.1, 0.15) is 33.2 Å². The minimum absolute atomic E-state index is 0.0566. The molecule has 2 saturated heterocycles. The van der Waals surface area contributed by atoms with Crippen molar-refractivity contribution in [2.45, 2.75) is 39.3 Å². The van der Waals surface area contributed by atoms with Crippen molar-refractivity contribution in [1.29, 1.82) is 0 Å². The summed E-state index contributed by atoms with van der Waals surface area (Å²) in [5, 5.41) is 4.47. The van der Waals surface area contributed by atoms with Crippen LogP contribution in [0.15, 0.2) is 30.6 Å². The van der Waals surface area contributed by atoms with Gasteiger partial charge in [-0.05, 0) is 31.0 Å². The molecular weight excluding hydrogens is 424 g/mol. The highest BCUT2D eigenvalue weighted by Crippen LogP contribution is 2.40. The van der Waals surface area contributed by atoms with Gasteiger partial charge in [-0.3, -0.25) is 14.4 Å². The van der Waals surface area contributed by atoms with Crippen molar-refractivity contribution in [2.75, 3.05) is 49.4 Å². The molecule has 3 aliphatic heterocycles. The average molecular weight is 455 g/mol. The number of carbonyl (C=O) groups excluding carboxylic acids is 2. The Balaban J connectivity index is 1.45. The molecule has 4 heterocycles. The third-order valence-electron chi connectivity index (χ3n) is 6.97. The normalized spacial score (nSPS) is 21.7. The van der Waals surface area contributed by atoms with Gasteiger partial charge in [0.2, 0.25) is 5.91 Å². The van der Waals surface area contributed by atoms with Crippen LogP contribution in [-0.4, -0.2) is 67.4 Å². The second kappa shape index (κ2) is 8.46. The van der Waals surface area contributed by atoms with Gasteiger partial charge in [0.25, 0.3) is 0 Å². The van der Waals surface area contributed by atoms with Crippen molar-refractivity contribution in [3.63, 3.8) is 0 Å². The number of nitrogens with zero attached hydrogens (tertiary/aromatic N) is 4. The number of hydrogen-bond acceptors (Lipinski definition) is 6. The van der Waals surface area contributed by atoms with Crippen LogP contribution in [0, 0.1) is 5.41 Å². The number of aromatic nitrogens is 2.